The van der Waals surface area contributed by atoms with Crippen LogP contribution in [-0.4, -0.2) is 32.8 Å². The number of rotatable bonds is 1. The molecule has 1 aromatic rings. The molecule has 0 amide bonds. The van der Waals surface area contributed by atoms with Gasteiger partial charge in [0, 0.05) is 30.7 Å². The van der Waals surface area contributed by atoms with Gasteiger partial charge in [-0.3, -0.25) is 0 Å². The van der Waals surface area contributed by atoms with Crippen molar-refractivity contribution in [2.24, 2.45) is 0 Å². The predicted molar refractivity (Wildman–Crippen MR) is 54.9 cm³/mol. The molecule has 0 nitrogen and oxygen atoms in total. The van der Waals surface area contributed by atoms with Crippen molar-refractivity contribution in [1.29, 1.82) is 0 Å². The molecule has 1 unspecified atom stereocenters. The van der Waals surface area contributed by atoms with Gasteiger partial charge in [-0.25, -0.2) is 0 Å². The van der Waals surface area contributed by atoms with Crippen molar-refractivity contribution in [1.82, 2.24) is 0 Å². The summed E-state index contributed by atoms with van der Waals surface area (Å²) in [6.07, 6.45) is 0. The molecule has 1 rings (SSSR count). The first kappa shape index (κ1) is 11.4. The van der Waals surface area contributed by atoms with Gasteiger partial charge in [0.1, 0.15) is 0 Å². The SMILES string of the molecule is Cc1cc([B]P)c(Cl)s1.[In]. The van der Waals surface area contributed by atoms with E-state index in [4.69, 9.17) is 11.6 Å². The molecule has 1 heterocycles. The first-order chi connectivity index (χ1) is 4.24. The van der Waals surface area contributed by atoms with Gasteiger partial charge in [-0.05, 0) is 6.92 Å². The zero-order chi connectivity index (χ0) is 6.85. The molecule has 0 fully saturated rings. The van der Waals surface area contributed by atoms with Gasteiger partial charge in [-0.2, -0.15) is 9.12 Å². The quantitative estimate of drug-likeness (QED) is 0.542. The molecule has 4 radical (unpaired) electrons. The molecule has 0 saturated heterocycles. The van der Waals surface area contributed by atoms with E-state index in [1.54, 1.807) is 11.3 Å². The van der Waals surface area contributed by atoms with Crippen LogP contribution in [0.2, 0.25) is 4.34 Å². The normalized spacial score (nSPS) is 8.70. The van der Waals surface area contributed by atoms with E-state index in [1.807, 2.05) is 13.9 Å². The van der Waals surface area contributed by atoms with Gasteiger partial charge < -0.3 is 0 Å². The molecular formula is C5H6BClInPS. The molecule has 50 valence electrons. The molecule has 0 N–H and O–H groups in total. The Morgan fingerprint density at radius 2 is 2.30 bits per heavy atom. The van der Waals surface area contributed by atoms with Crippen molar-refractivity contribution in [2.75, 3.05) is 0 Å². The second-order valence-corrected chi connectivity index (χ2v) is 3.94. The first-order valence-electron chi connectivity index (χ1n) is 2.55. The number of hydrogen-bond acceptors (Lipinski definition) is 1. The third-order valence-electron chi connectivity index (χ3n) is 1.02. The summed E-state index contributed by atoms with van der Waals surface area (Å²) >= 11 is 7.43. The van der Waals surface area contributed by atoms with E-state index in [9.17, 15) is 0 Å². The van der Waals surface area contributed by atoms with Crippen molar-refractivity contribution >= 4 is 70.4 Å². The van der Waals surface area contributed by atoms with Crippen molar-refractivity contribution in [3.05, 3.63) is 15.3 Å². The molecule has 0 aliphatic rings. The van der Waals surface area contributed by atoms with Crippen molar-refractivity contribution in [2.45, 2.75) is 6.92 Å². The van der Waals surface area contributed by atoms with Crippen LogP contribution in [0.5, 0.6) is 0 Å². The van der Waals surface area contributed by atoms with Gasteiger partial charge in [0.2, 0.25) is 0 Å². The maximum Gasteiger partial charge on any atom is 0.181 e. The van der Waals surface area contributed by atoms with E-state index in [-0.39, 0.29) is 25.8 Å². The Labute approximate surface area is 91.9 Å². The van der Waals surface area contributed by atoms with E-state index in [2.05, 4.69) is 15.2 Å². The summed E-state index contributed by atoms with van der Waals surface area (Å²) in [7, 11) is 2.54. The van der Waals surface area contributed by atoms with Gasteiger partial charge in [-0.1, -0.05) is 23.1 Å². The Morgan fingerprint density at radius 1 is 1.70 bits per heavy atom. The number of aryl methyl sites for hydroxylation is 1. The molecule has 0 aliphatic carbocycles. The third-order valence-corrected chi connectivity index (χ3v) is 2.68. The van der Waals surface area contributed by atoms with E-state index >= 15 is 0 Å². The summed E-state index contributed by atoms with van der Waals surface area (Å²) in [6, 6.07) is 2.07. The minimum atomic E-state index is 0. The zero-order valence-corrected chi connectivity index (χ0v) is 11.6. The largest absolute Gasteiger partial charge is 0.181 e. The zero-order valence-electron chi connectivity index (χ0n) is 5.60. The Bertz CT molecular complexity index is 215. The number of halogens is 1. The van der Waals surface area contributed by atoms with Crippen LogP contribution in [0.15, 0.2) is 6.07 Å². The smallest absolute Gasteiger partial charge is 0.172 e. The van der Waals surface area contributed by atoms with Gasteiger partial charge in [0.05, 0.1) is 4.34 Å². The van der Waals surface area contributed by atoms with Crippen LogP contribution in [0.1, 0.15) is 4.88 Å². The van der Waals surface area contributed by atoms with E-state index in [0.29, 0.717) is 0 Å². The third kappa shape index (κ3) is 2.77. The Morgan fingerprint density at radius 3 is 2.50 bits per heavy atom. The number of hydrogen-bond donors (Lipinski definition) is 0. The fraction of sp³-hybridized carbons (Fsp3) is 0.200. The maximum atomic E-state index is 5.82. The summed E-state index contributed by atoms with van der Waals surface area (Å²) in [6.45, 7) is 3.99. The topological polar surface area (TPSA) is 0 Å². The monoisotopic (exact) mass is 290 g/mol. The van der Waals surface area contributed by atoms with Crippen molar-refractivity contribution < 1.29 is 0 Å². The molecule has 0 aliphatic heterocycles. The summed E-state index contributed by atoms with van der Waals surface area (Å²) < 4.78 is 0.877. The second-order valence-electron chi connectivity index (χ2n) is 1.75. The molecule has 0 spiro atoms. The van der Waals surface area contributed by atoms with Crippen LogP contribution in [0, 0.1) is 6.92 Å². The summed E-state index contributed by atoms with van der Waals surface area (Å²) in [5.41, 5.74) is 1.11. The van der Waals surface area contributed by atoms with E-state index in [0.717, 1.165) is 9.80 Å². The Balaban J connectivity index is 0.000000810. The fourth-order valence-electron chi connectivity index (χ4n) is 0.619. The molecule has 0 bridgehead atoms. The molecular weight excluding hydrogens is 284 g/mol. The fourth-order valence-corrected chi connectivity index (χ4v) is 2.30. The standard InChI is InChI=1S/C5H6BClPS.In/c1-3-2-4(6-8)5(7)9-3;/h2H,8H2,1H3;. The van der Waals surface area contributed by atoms with Crippen LogP contribution in [0.4, 0.5) is 0 Å². The summed E-state index contributed by atoms with van der Waals surface area (Å²) in [4.78, 5) is 1.26. The molecule has 10 heavy (non-hydrogen) atoms. The number of thiophene rings is 1. The maximum absolute atomic E-state index is 5.82. The van der Waals surface area contributed by atoms with Crippen LogP contribution in [-0.2, 0) is 0 Å². The first-order valence-corrected chi connectivity index (χ1v) is 4.41. The molecule has 5 heteroatoms. The minimum absolute atomic E-state index is 0. The molecule has 1 atom stereocenters. The van der Waals surface area contributed by atoms with Crippen molar-refractivity contribution in [3.8, 4) is 0 Å². The Kier molecular flexibility index (Phi) is 5.77. The van der Waals surface area contributed by atoms with Crippen LogP contribution < -0.4 is 5.46 Å². The molecule has 1 aromatic heterocycles. The predicted octanol–water partition coefficient (Wildman–Crippen LogP) is 1.45. The van der Waals surface area contributed by atoms with Crippen LogP contribution >= 0.6 is 32.1 Å². The van der Waals surface area contributed by atoms with E-state index < -0.39 is 0 Å². The molecule has 0 saturated carbocycles. The average molecular weight is 290 g/mol. The summed E-state index contributed by atoms with van der Waals surface area (Å²) in [5, 5.41) is 0. The van der Waals surface area contributed by atoms with Crippen LogP contribution in [0.25, 0.3) is 0 Å². The van der Waals surface area contributed by atoms with Gasteiger partial charge in [0.15, 0.2) is 7.00 Å². The van der Waals surface area contributed by atoms with Crippen LogP contribution in [0.3, 0.4) is 0 Å². The Hall–Kier alpha value is 1.36. The van der Waals surface area contributed by atoms with Gasteiger partial charge in [-0.15, -0.1) is 11.3 Å². The second kappa shape index (κ2) is 5.08. The van der Waals surface area contributed by atoms with Gasteiger partial charge >= 0.3 is 0 Å². The minimum Gasteiger partial charge on any atom is -0.172 e. The average Bonchev–Trinajstić information content (AvgIpc) is 2.10. The van der Waals surface area contributed by atoms with Crippen molar-refractivity contribution in [3.63, 3.8) is 0 Å². The summed E-state index contributed by atoms with van der Waals surface area (Å²) in [5.74, 6) is 0. The van der Waals surface area contributed by atoms with Gasteiger partial charge in [0.25, 0.3) is 0 Å². The van der Waals surface area contributed by atoms with E-state index in [1.165, 1.54) is 4.88 Å². The molecule has 0 aromatic carbocycles.